The van der Waals surface area contributed by atoms with E-state index in [1.807, 2.05) is 0 Å². The van der Waals surface area contributed by atoms with Crippen LogP contribution in [0.15, 0.2) is 4.99 Å². The molecule has 0 aliphatic carbocycles. The fraction of sp³-hybridized carbons (Fsp3) is 0.933. The van der Waals surface area contributed by atoms with Gasteiger partial charge in [0.2, 0.25) is 0 Å². The zero-order valence-electron chi connectivity index (χ0n) is 13.5. The number of rotatable bonds is 6. The van der Waals surface area contributed by atoms with E-state index in [0.717, 1.165) is 25.5 Å². The topological polar surface area (TPSA) is 39.7 Å². The lowest BCUT2D eigenvalue weighted by atomic mass is 10.2. The molecule has 0 aromatic carbocycles. The van der Waals surface area contributed by atoms with Crippen LogP contribution >= 0.6 is 24.0 Å². The summed E-state index contributed by atoms with van der Waals surface area (Å²) in [6.45, 7) is 12.0. The van der Waals surface area contributed by atoms with Crippen molar-refractivity contribution in [2.24, 2.45) is 4.99 Å². The quantitative estimate of drug-likeness (QED) is 0.314. The van der Waals surface area contributed by atoms with Crippen LogP contribution in [0.1, 0.15) is 52.9 Å². The summed E-state index contributed by atoms with van der Waals surface area (Å²) in [5, 5.41) is 6.64. The smallest absolute Gasteiger partial charge is 0.191 e. The molecular weight excluding hydrogens is 363 g/mol. The monoisotopic (exact) mass is 396 g/mol. The van der Waals surface area contributed by atoms with Crippen molar-refractivity contribution in [3.8, 4) is 0 Å². The predicted octanol–water partition coefficient (Wildman–Crippen LogP) is 2.83. The Morgan fingerprint density at radius 2 is 1.80 bits per heavy atom. The highest BCUT2D eigenvalue weighted by atomic mass is 127. The summed E-state index contributed by atoms with van der Waals surface area (Å²) in [6, 6.07) is 0.434. The van der Waals surface area contributed by atoms with Crippen molar-refractivity contribution in [1.82, 2.24) is 15.5 Å². The molecule has 1 fully saturated rings. The molecule has 0 aromatic rings. The first kappa shape index (κ1) is 20.0. The fourth-order valence-electron chi connectivity index (χ4n) is 2.44. The summed E-state index contributed by atoms with van der Waals surface area (Å²) in [5.41, 5.74) is 0. The Bertz CT molecular complexity index is 248. The molecule has 1 rings (SSSR count). The number of hydrogen-bond acceptors (Lipinski definition) is 2. The van der Waals surface area contributed by atoms with Gasteiger partial charge in [-0.05, 0) is 59.7 Å². The molecule has 4 nitrogen and oxygen atoms in total. The Morgan fingerprint density at radius 1 is 1.15 bits per heavy atom. The van der Waals surface area contributed by atoms with E-state index in [-0.39, 0.29) is 24.0 Å². The van der Waals surface area contributed by atoms with E-state index < -0.39 is 0 Å². The molecular formula is C15H33IN4. The average molecular weight is 396 g/mol. The van der Waals surface area contributed by atoms with Crippen LogP contribution in [-0.4, -0.2) is 49.6 Å². The maximum absolute atomic E-state index is 4.63. The Kier molecular flexibility index (Phi) is 12.7. The van der Waals surface area contributed by atoms with Gasteiger partial charge in [0.05, 0.1) is 0 Å². The van der Waals surface area contributed by atoms with Crippen LogP contribution in [0.4, 0.5) is 0 Å². The molecule has 1 saturated heterocycles. The first-order valence-corrected chi connectivity index (χ1v) is 7.99. The van der Waals surface area contributed by atoms with Gasteiger partial charge < -0.3 is 15.5 Å². The number of guanidine groups is 1. The van der Waals surface area contributed by atoms with Crippen molar-refractivity contribution in [3.05, 3.63) is 0 Å². The van der Waals surface area contributed by atoms with Crippen LogP contribution in [0, 0.1) is 0 Å². The molecule has 0 bridgehead atoms. The molecule has 0 atom stereocenters. The number of hydrogen-bond donors (Lipinski definition) is 2. The van der Waals surface area contributed by atoms with Gasteiger partial charge >= 0.3 is 0 Å². The largest absolute Gasteiger partial charge is 0.357 e. The van der Waals surface area contributed by atoms with E-state index in [1.54, 1.807) is 0 Å². The van der Waals surface area contributed by atoms with Crippen LogP contribution in [0.3, 0.4) is 0 Å². The molecule has 1 heterocycles. The molecule has 0 spiro atoms. The lowest BCUT2D eigenvalue weighted by molar-refractivity contribution is 0.283. The van der Waals surface area contributed by atoms with E-state index in [9.17, 15) is 0 Å². The first-order chi connectivity index (χ1) is 9.22. The van der Waals surface area contributed by atoms with Crippen molar-refractivity contribution >= 4 is 29.9 Å². The number of aliphatic imine (C=N–C) groups is 1. The van der Waals surface area contributed by atoms with Gasteiger partial charge in [0, 0.05) is 19.1 Å². The second kappa shape index (κ2) is 12.7. The number of nitrogens with zero attached hydrogens (tertiary/aromatic N) is 2. The van der Waals surface area contributed by atoms with Crippen LogP contribution in [0.25, 0.3) is 0 Å². The Hall–Kier alpha value is -0.0400. The standard InChI is InChI=1S/C15H32N4.HI/c1-4-16-15(18-14(2)3)17-10-9-13-19-11-7-5-6-8-12-19;/h14H,4-13H2,1-3H3,(H2,16,17,18);1H. The van der Waals surface area contributed by atoms with Gasteiger partial charge in [-0.25, -0.2) is 0 Å². The van der Waals surface area contributed by atoms with E-state index in [1.165, 1.54) is 45.3 Å². The summed E-state index contributed by atoms with van der Waals surface area (Å²) in [7, 11) is 0. The minimum atomic E-state index is 0. The molecule has 0 radical (unpaired) electrons. The Balaban J connectivity index is 0.00000361. The molecule has 0 aromatic heterocycles. The second-order valence-electron chi connectivity index (χ2n) is 5.67. The van der Waals surface area contributed by atoms with E-state index in [0.29, 0.717) is 6.04 Å². The maximum atomic E-state index is 4.63. The molecule has 2 N–H and O–H groups in total. The average Bonchev–Trinajstić information content (AvgIpc) is 2.62. The molecule has 0 saturated carbocycles. The van der Waals surface area contributed by atoms with Crippen molar-refractivity contribution in [1.29, 1.82) is 0 Å². The number of nitrogens with one attached hydrogen (secondary N) is 2. The van der Waals surface area contributed by atoms with Crippen molar-refractivity contribution in [2.75, 3.05) is 32.7 Å². The van der Waals surface area contributed by atoms with Gasteiger partial charge in [-0.1, -0.05) is 12.8 Å². The molecule has 0 amide bonds. The van der Waals surface area contributed by atoms with E-state index >= 15 is 0 Å². The molecule has 20 heavy (non-hydrogen) atoms. The van der Waals surface area contributed by atoms with Gasteiger partial charge in [0.15, 0.2) is 5.96 Å². The summed E-state index contributed by atoms with van der Waals surface area (Å²) in [6.07, 6.45) is 6.74. The zero-order valence-corrected chi connectivity index (χ0v) is 15.8. The highest BCUT2D eigenvalue weighted by molar-refractivity contribution is 14.0. The third-order valence-electron chi connectivity index (χ3n) is 3.37. The van der Waals surface area contributed by atoms with Gasteiger partial charge in [-0.3, -0.25) is 4.99 Å². The van der Waals surface area contributed by atoms with Crippen molar-refractivity contribution in [2.45, 2.75) is 58.9 Å². The van der Waals surface area contributed by atoms with Gasteiger partial charge in [0.25, 0.3) is 0 Å². The number of likely N-dealkylation sites (tertiary alicyclic amines) is 1. The summed E-state index contributed by atoms with van der Waals surface area (Å²) in [5.74, 6) is 0.952. The maximum Gasteiger partial charge on any atom is 0.191 e. The fourth-order valence-corrected chi connectivity index (χ4v) is 2.44. The second-order valence-corrected chi connectivity index (χ2v) is 5.67. The molecule has 0 unspecified atom stereocenters. The zero-order chi connectivity index (χ0) is 13.9. The SMILES string of the molecule is CCNC(=NCCCN1CCCCCC1)NC(C)C.I. The van der Waals surface area contributed by atoms with Crippen LogP contribution in [0.5, 0.6) is 0 Å². The lowest BCUT2D eigenvalue weighted by Gasteiger charge is -2.19. The van der Waals surface area contributed by atoms with Crippen molar-refractivity contribution < 1.29 is 0 Å². The van der Waals surface area contributed by atoms with Crippen LogP contribution < -0.4 is 10.6 Å². The summed E-state index contributed by atoms with van der Waals surface area (Å²) < 4.78 is 0. The van der Waals surface area contributed by atoms with E-state index in [2.05, 4.69) is 41.3 Å². The summed E-state index contributed by atoms with van der Waals surface area (Å²) >= 11 is 0. The van der Waals surface area contributed by atoms with Crippen LogP contribution in [0.2, 0.25) is 0 Å². The molecule has 1 aliphatic heterocycles. The van der Waals surface area contributed by atoms with Gasteiger partial charge in [-0.2, -0.15) is 0 Å². The first-order valence-electron chi connectivity index (χ1n) is 7.99. The third kappa shape index (κ3) is 9.80. The Morgan fingerprint density at radius 3 is 2.35 bits per heavy atom. The van der Waals surface area contributed by atoms with E-state index in [4.69, 9.17) is 0 Å². The minimum Gasteiger partial charge on any atom is -0.357 e. The van der Waals surface area contributed by atoms with Gasteiger partial charge in [0.1, 0.15) is 0 Å². The summed E-state index contributed by atoms with van der Waals surface area (Å²) in [4.78, 5) is 7.23. The van der Waals surface area contributed by atoms with Crippen molar-refractivity contribution in [3.63, 3.8) is 0 Å². The van der Waals surface area contributed by atoms with Gasteiger partial charge in [-0.15, -0.1) is 24.0 Å². The predicted molar refractivity (Wildman–Crippen MR) is 99.2 cm³/mol. The minimum absolute atomic E-state index is 0. The molecule has 120 valence electrons. The Labute approximate surface area is 142 Å². The molecule has 1 aliphatic rings. The highest BCUT2D eigenvalue weighted by Gasteiger charge is 2.07. The lowest BCUT2D eigenvalue weighted by Crippen LogP contribution is -2.41. The van der Waals surface area contributed by atoms with Crippen LogP contribution in [-0.2, 0) is 0 Å². The third-order valence-corrected chi connectivity index (χ3v) is 3.37. The number of halogens is 1. The normalized spacial score (nSPS) is 17.5. The highest BCUT2D eigenvalue weighted by Crippen LogP contribution is 2.09. The molecule has 5 heteroatoms.